The zero-order chi connectivity index (χ0) is 16.9. The third-order valence-corrected chi connectivity index (χ3v) is 4.78. The summed E-state index contributed by atoms with van der Waals surface area (Å²) in [5.41, 5.74) is 3.09. The largest absolute Gasteiger partial charge is 0.496 e. The van der Waals surface area contributed by atoms with Crippen molar-refractivity contribution in [3.05, 3.63) is 64.1 Å². The summed E-state index contributed by atoms with van der Waals surface area (Å²) >= 11 is 3.55. The van der Waals surface area contributed by atoms with E-state index in [0.29, 0.717) is 11.3 Å². The van der Waals surface area contributed by atoms with Crippen LogP contribution in [-0.4, -0.2) is 7.11 Å². The van der Waals surface area contributed by atoms with E-state index in [1.54, 1.807) is 7.11 Å². The van der Waals surface area contributed by atoms with E-state index in [2.05, 4.69) is 85.2 Å². The summed E-state index contributed by atoms with van der Waals surface area (Å²) in [7, 11) is 1.73. The number of ether oxygens (including phenoxy) is 1. The molecule has 0 aromatic heterocycles. The molecule has 0 heterocycles. The Labute approximate surface area is 149 Å². The molecule has 2 rings (SSSR count). The minimum absolute atomic E-state index is 0.307. The first kappa shape index (κ1) is 18.1. The van der Waals surface area contributed by atoms with Gasteiger partial charge >= 0.3 is 0 Å². The summed E-state index contributed by atoms with van der Waals surface area (Å²) in [6.07, 6.45) is 3.44. The molecule has 0 saturated heterocycles. The molecule has 0 aliphatic heterocycles. The van der Waals surface area contributed by atoms with Crippen molar-refractivity contribution in [1.82, 2.24) is 0 Å². The van der Waals surface area contributed by atoms with Crippen molar-refractivity contribution in [2.24, 2.45) is 5.41 Å². The molecule has 0 aliphatic carbocycles. The first-order valence-corrected chi connectivity index (χ1v) is 9.06. The molecule has 1 atom stereocenters. The first-order valence-electron chi connectivity index (χ1n) is 8.26. The first-order chi connectivity index (χ1) is 10.9. The Morgan fingerprint density at radius 1 is 1.04 bits per heavy atom. The van der Waals surface area contributed by atoms with Crippen LogP contribution in [0.3, 0.4) is 0 Å². The van der Waals surface area contributed by atoms with Crippen molar-refractivity contribution in [1.29, 1.82) is 0 Å². The van der Waals surface area contributed by atoms with Crippen LogP contribution < -0.4 is 4.74 Å². The van der Waals surface area contributed by atoms with Gasteiger partial charge < -0.3 is 4.74 Å². The topological polar surface area (TPSA) is 9.23 Å². The van der Waals surface area contributed by atoms with Crippen LogP contribution in [0.4, 0.5) is 0 Å². The summed E-state index contributed by atoms with van der Waals surface area (Å²) in [6.45, 7) is 6.95. The van der Waals surface area contributed by atoms with Crippen LogP contribution in [0, 0.1) is 5.41 Å². The van der Waals surface area contributed by atoms with Crippen LogP contribution in [0.5, 0.6) is 5.75 Å². The molecule has 0 radical (unpaired) electrons. The monoisotopic (exact) mass is 374 g/mol. The molecule has 1 nitrogen and oxygen atoms in total. The van der Waals surface area contributed by atoms with Crippen LogP contribution in [0.15, 0.2) is 53.0 Å². The molecule has 0 fully saturated rings. The zero-order valence-corrected chi connectivity index (χ0v) is 16.2. The van der Waals surface area contributed by atoms with Gasteiger partial charge in [0.15, 0.2) is 0 Å². The molecule has 0 saturated carbocycles. The van der Waals surface area contributed by atoms with E-state index in [-0.39, 0.29) is 0 Å². The molecular weight excluding hydrogens is 348 g/mol. The smallest absolute Gasteiger partial charge is 0.133 e. The fourth-order valence-corrected chi connectivity index (χ4v) is 3.45. The van der Waals surface area contributed by atoms with Gasteiger partial charge in [-0.1, -0.05) is 57.2 Å². The lowest BCUT2D eigenvalue weighted by atomic mass is 9.79. The maximum Gasteiger partial charge on any atom is 0.133 e. The van der Waals surface area contributed by atoms with Gasteiger partial charge in [-0.25, -0.2) is 0 Å². The molecule has 2 heteroatoms. The number of methoxy groups -OCH3 is 1. The quantitative estimate of drug-likeness (QED) is 0.552. The molecule has 0 unspecified atom stereocenters. The number of aryl methyl sites for hydroxylation is 1. The predicted molar refractivity (Wildman–Crippen MR) is 102 cm³/mol. The maximum atomic E-state index is 5.48. The fourth-order valence-electron chi connectivity index (χ4n) is 3.04. The van der Waals surface area contributed by atoms with Crippen LogP contribution in [0.1, 0.15) is 50.7 Å². The summed E-state index contributed by atoms with van der Waals surface area (Å²) in [5, 5.41) is 0. The average Bonchev–Trinajstić information content (AvgIpc) is 2.52. The maximum absolute atomic E-state index is 5.48. The minimum atomic E-state index is 0.307. The van der Waals surface area contributed by atoms with Gasteiger partial charge in [-0.2, -0.15) is 0 Å². The Bertz CT molecular complexity index is 613. The Hall–Kier alpha value is -1.28. The van der Waals surface area contributed by atoms with Crippen molar-refractivity contribution in [2.45, 2.75) is 46.0 Å². The molecule has 0 spiro atoms. The summed E-state index contributed by atoms with van der Waals surface area (Å²) in [6, 6.07) is 17.3. The highest BCUT2D eigenvalue weighted by atomic mass is 79.9. The second-order valence-electron chi connectivity index (χ2n) is 7.38. The summed E-state index contributed by atoms with van der Waals surface area (Å²) < 4.78 is 6.50. The van der Waals surface area contributed by atoms with Crippen molar-refractivity contribution in [3.63, 3.8) is 0 Å². The van der Waals surface area contributed by atoms with Gasteiger partial charge in [0, 0.05) is 0 Å². The molecule has 0 aliphatic rings. The Morgan fingerprint density at radius 3 is 2.35 bits per heavy atom. The van der Waals surface area contributed by atoms with E-state index in [1.807, 2.05) is 0 Å². The molecule has 23 heavy (non-hydrogen) atoms. The van der Waals surface area contributed by atoms with Gasteiger partial charge in [0.2, 0.25) is 0 Å². The van der Waals surface area contributed by atoms with E-state index >= 15 is 0 Å². The normalized spacial score (nSPS) is 12.9. The third kappa shape index (κ3) is 5.69. The van der Waals surface area contributed by atoms with Gasteiger partial charge in [0.05, 0.1) is 11.6 Å². The zero-order valence-electron chi connectivity index (χ0n) is 14.6. The van der Waals surface area contributed by atoms with E-state index in [0.717, 1.165) is 23.1 Å². The SMILES string of the molecule is COc1cc([C@@H](CCc2ccccc2)CC(C)(C)C)ccc1Br. The van der Waals surface area contributed by atoms with Crippen molar-refractivity contribution in [2.75, 3.05) is 7.11 Å². The highest BCUT2D eigenvalue weighted by molar-refractivity contribution is 9.10. The number of hydrogen-bond acceptors (Lipinski definition) is 1. The Morgan fingerprint density at radius 2 is 1.74 bits per heavy atom. The van der Waals surface area contributed by atoms with E-state index in [9.17, 15) is 0 Å². The third-order valence-electron chi connectivity index (χ3n) is 4.13. The molecule has 124 valence electrons. The molecule has 0 amide bonds. The predicted octanol–water partition coefficient (Wildman–Crippen LogP) is 6.61. The summed E-state index contributed by atoms with van der Waals surface area (Å²) in [5.74, 6) is 1.46. The highest BCUT2D eigenvalue weighted by Crippen LogP contribution is 2.37. The van der Waals surface area contributed by atoms with Crippen LogP contribution in [0.25, 0.3) is 0 Å². The van der Waals surface area contributed by atoms with Crippen molar-refractivity contribution >= 4 is 15.9 Å². The summed E-state index contributed by atoms with van der Waals surface area (Å²) in [4.78, 5) is 0. The molecule has 2 aromatic rings. The number of rotatable bonds is 6. The molecule has 0 N–H and O–H groups in total. The molecule has 2 aromatic carbocycles. The highest BCUT2D eigenvalue weighted by Gasteiger charge is 2.21. The van der Waals surface area contributed by atoms with E-state index < -0.39 is 0 Å². The molecular formula is C21H27BrO. The Balaban J connectivity index is 2.20. The standard InChI is InChI=1S/C21H27BrO/c1-21(2,3)15-18(11-10-16-8-6-5-7-9-16)17-12-13-19(22)20(14-17)23-4/h5-9,12-14,18H,10-11,15H2,1-4H3/t18-/m0/s1. The average molecular weight is 375 g/mol. The minimum Gasteiger partial charge on any atom is -0.496 e. The number of halogens is 1. The molecule has 0 bridgehead atoms. The van der Waals surface area contributed by atoms with Crippen LogP contribution in [0.2, 0.25) is 0 Å². The lowest BCUT2D eigenvalue weighted by Crippen LogP contribution is -2.13. The van der Waals surface area contributed by atoms with Gasteiger partial charge in [0.25, 0.3) is 0 Å². The van der Waals surface area contributed by atoms with Gasteiger partial charge in [0.1, 0.15) is 5.75 Å². The van der Waals surface area contributed by atoms with Crippen molar-refractivity contribution in [3.8, 4) is 5.75 Å². The van der Waals surface area contributed by atoms with Gasteiger partial charge in [-0.3, -0.25) is 0 Å². The second kappa shape index (κ2) is 8.01. The van der Waals surface area contributed by atoms with Crippen molar-refractivity contribution < 1.29 is 4.74 Å². The Kier molecular flexibility index (Phi) is 6.29. The van der Waals surface area contributed by atoms with E-state index in [4.69, 9.17) is 4.74 Å². The fraction of sp³-hybridized carbons (Fsp3) is 0.429. The van der Waals surface area contributed by atoms with Crippen LogP contribution in [-0.2, 0) is 6.42 Å². The second-order valence-corrected chi connectivity index (χ2v) is 8.23. The lowest BCUT2D eigenvalue weighted by Gasteiger charge is -2.27. The lowest BCUT2D eigenvalue weighted by molar-refractivity contribution is 0.330. The van der Waals surface area contributed by atoms with E-state index in [1.165, 1.54) is 17.5 Å². The number of hydrogen-bond donors (Lipinski definition) is 0. The van der Waals surface area contributed by atoms with Gasteiger partial charge in [-0.05, 0) is 69.8 Å². The van der Waals surface area contributed by atoms with Crippen LogP contribution >= 0.6 is 15.9 Å². The van der Waals surface area contributed by atoms with Gasteiger partial charge in [-0.15, -0.1) is 0 Å². The number of benzene rings is 2.